The second-order valence-electron chi connectivity index (χ2n) is 5.58. The number of nitrogens with zero attached hydrogens (tertiary/aromatic N) is 1. The van der Waals surface area contributed by atoms with E-state index < -0.39 is 0 Å². The molecule has 0 aliphatic heterocycles. The molecule has 25 heavy (non-hydrogen) atoms. The minimum Gasteiger partial charge on any atom is -0.487 e. The van der Waals surface area contributed by atoms with E-state index in [9.17, 15) is 4.79 Å². The molecule has 5 heteroatoms. The number of oxime groups is 1. The normalized spacial score (nSPS) is 12.4. The summed E-state index contributed by atoms with van der Waals surface area (Å²) in [4.78, 5) is 17.3. The number of ether oxygens (including phenoxy) is 1. The molecule has 5 nitrogen and oxygen atoms in total. The van der Waals surface area contributed by atoms with E-state index in [4.69, 9.17) is 9.57 Å². The summed E-state index contributed by atoms with van der Waals surface area (Å²) in [5.41, 5.74) is 2.29. The van der Waals surface area contributed by atoms with Gasteiger partial charge in [-0.1, -0.05) is 60.6 Å². The third-order valence-electron chi connectivity index (χ3n) is 3.83. The van der Waals surface area contributed by atoms with E-state index >= 15 is 0 Å². The number of hydrogen-bond acceptors (Lipinski definition) is 4. The standard InChI is InChI=1S/C20H24N2O3/c1-4-16-10-8-9-13-19(16)25-14-18(22-24-3)20(23)21-15(2)17-11-6-5-7-12-17/h5-13,15H,4,14H2,1-3H3,(H,21,23). The number of amides is 1. The van der Waals surface area contributed by atoms with Gasteiger partial charge < -0.3 is 14.9 Å². The quantitative estimate of drug-likeness (QED) is 0.591. The Morgan fingerprint density at radius 2 is 1.80 bits per heavy atom. The lowest BCUT2D eigenvalue weighted by Crippen LogP contribution is -2.36. The van der Waals surface area contributed by atoms with Crippen LogP contribution >= 0.6 is 0 Å². The molecular formula is C20H24N2O3. The Kier molecular flexibility index (Phi) is 7.01. The topological polar surface area (TPSA) is 59.9 Å². The van der Waals surface area contributed by atoms with Gasteiger partial charge in [0.1, 0.15) is 19.5 Å². The van der Waals surface area contributed by atoms with Crippen LogP contribution in [-0.4, -0.2) is 25.3 Å². The fraction of sp³-hybridized carbons (Fsp3) is 0.300. The van der Waals surface area contributed by atoms with Crippen molar-refractivity contribution < 1.29 is 14.4 Å². The van der Waals surface area contributed by atoms with Gasteiger partial charge in [0.25, 0.3) is 5.91 Å². The van der Waals surface area contributed by atoms with Crippen LogP contribution < -0.4 is 10.1 Å². The lowest BCUT2D eigenvalue weighted by atomic mass is 10.1. The summed E-state index contributed by atoms with van der Waals surface area (Å²) in [6.45, 7) is 4.02. The van der Waals surface area contributed by atoms with Crippen molar-refractivity contribution in [1.82, 2.24) is 5.32 Å². The minimum absolute atomic E-state index is 0.0399. The predicted octanol–water partition coefficient (Wildman–Crippen LogP) is 3.51. The van der Waals surface area contributed by atoms with Crippen molar-refractivity contribution in [1.29, 1.82) is 0 Å². The number of aryl methyl sites for hydroxylation is 1. The number of carbonyl (C=O) groups excluding carboxylic acids is 1. The van der Waals surface area contributed by atoms with Gasteiger partial charge in [0.05, 0.1) is 6.04 Å². The number of hydrogen-bond donors (Lipinski definition) is 1. The second-order valence-corrected chi connectivity index (χ2v) is 5.58. The Morgan fingerprint density at radius 3 is 2.48 bits per heavy atom. The van der Waals surface area contributed by atoms with E-state index in [0.29, 0.717) is 0 Å². The first-order chi connectivity index (χ1) is 12.2. The van der Waals surface area contributed by atoms with Crippen LogP contribution in [0.1, 0.15) is 31.0 Å². The van der Waals surface area contributed by atoms with Crippen LogP contribution in [0.3, 0.4) is 0 Å². The zero-order valence-corrected chi connectivity index (χ0v) is 14.9. The van der Waals surface area contributed by atoms with E-state index in [0.717, 1.165) is 23.3 Å². The summed E-state index contributed by atoms with van der Waals surface area (Å²) < 4.78 is 5.78. The van der Waals surface area contributed by atoms with Crippen molar-refractivity contribution in [3.8, 4) is 5.75 Å². The highest BCUT2D eigenvalue weighted by atomic mass is 16.6. The van der Waals surface area contributed by atoms with Crippen molar-refractivity contribution in [3.05, 3.63) is 65.7 Å². The molecule has 1 unspecified atom stereocenters. The molecule has 1 atom stereocenters. The van der Waals surface area contributed by atoms with Gasteiger partial charge in [0, 0.05) is 0 Å². The molecule has 0 saturated heterocycles. The van der Waals surface area contributed by atoms with Crippen LogP contribution in [0.4, 0.5) is 0 Å². The monoisotopic (exact) mass is 340 g/mol. The maximum atomic E-state index is 12.5. The van der Waals surface area contributed by atoms with E-state index in [1.165, 1.54) is 7.11 Å². The van der Waals surface area contributed by atoms with Crippen LogP contribution in [0.25, 0.3) is 0 Å². The molecule has 0 fully saturated rings. The second kappa shape index (κ2) is 9.47. The number of para-hydroxylation sites is 1. The van der Waals surface area contributed by atoms with Crippen LogP contribution in [0, 0.1) is 0 Å². The minimum atomic E-state index is -0.313. The molecular weight excluding hydrogens is 316 g/mol. The lowest BCUT2D eigenvalue weighted by Gasteiger charge is -2.16. The summed E-state index contributed by atoms with van der Waals surface area (Å²) in [6.07, 6.45) is 0.851. The summed E-state index contributed by atoms with van der Waals surface area (Å²) in [7, 11) is 1.41. The van der Waals surface area contributed by atoms with E-state index in [-0.39, 0.29) is 24.3 Å². The first kappa shape index (κ1) is 18.5. The van der Waals surface area contributed by atoms with E-state index in [1.54, 1.807) is 0 Å². The number of carbonyl (C=O) groups is 1. The molecule has 0 spiro atoms. The van der Waals surface area contributed by atoms with Crippen molar-refractivity contribution in [2.45, 2.75) is 26.3 Å². The van der Waals surface area contributed by atoms with Gasteiger partial charge in [-0.25, -0.2) is 0 Å². The SMILES string of the molecule is CCc1ccccc1OCC(=NOC)C(=O)NC(C)c1ccccc1. The highest BCUT2D eigenvalue weighted by Gasteiger charge is 2.17. The number of rotatable bonds is 8. The molecule has 2 aromatic carbocycles. The average Bonchev–Trinajstić information content (AvgIpc) is 2.65. The van der Waals surface area contributed by atoms with Gasteiger partial charge in [-0.05, 0) is 30.5 Å². The Labute approximate surface area is 148 Å². The third kappa shape index (κ3) is 5.35. The number of benzene rings is 2. The van der Waals surface area contributed by atoms with Crippen LogP contribution in [0.2, 0.25) is 0 Å². The smallest absolute Gasteiger partial charge is 0.273 e. The molecule has 0 aliphatic carbocycles. The maximum Gasteiger partial charge on any atom is 0.273 e. The molecule has 0 heterocycles. The fourth-order valence-corrected chi connectivity index (χ4v) is 2.43. The van der Waals surface area contributed by atoms with E-state index in [2.05, 4.69) is 17.4 Å². The van der Waals surface area contributed by atoms with Crippen molar-refractivity contribution in [2.75, 3.05) is 13.7 Å². The summed E-state index contributed by atoms with van der Waals surface area (Å²) >= 11 is 0. The van der Waals surface area contributed by atoms with Crippen molar-refractivity contribution in [2.24, 2.45) is 5.16 Å². The average molecular weight is 340 g/mol. The Morgan fingerprint density at radius 1 is 1.12 bits per heavy atom. The summed E-state index contributed by atoms with van der Waals surface area (Å²) in [5.74, 6) is 0.435. The molecule has 2 rings (SSSR count). The van der Waals surface area contributed by atoms with Gasteiger partial charge in [-0.2, -0.15) is 0 Å². The highest BCUT2D eigenvalue weighted by molar-refractivity contribution is 6.39. The lowest BCUT2D eigenvalue weighted by molar-refractivity contribution is -0.115. The first-order valence-corrected chi connectivity index (χ1v) is 8.32. The molecule has 0 saturated carbocycles. The molecule has 0 aliphatic rings. The summed E-state index contributed by atoms with van der Waals surface area (Å²) in [6, 6.07) is 17.3. The van der Waals surface area contributed by atoms with Crippen LogP contribution in [0.15, 0.2) is 59.8 Å². The van der Waals surface area contributed by atoms with Gasteiger partial charge in [-0.15, -0.1) is 0 Å². The number of nitrogens with one attached hydrogen (secondary N) is 1. The Balaban J connectivity index is 2.02. The van der Waals surface area contributed by atoms with Gasteiger partial charge in [0.2, 0.25) is 0 Å². The zero-order chi connectivity index (χ0) is 18.1. The van der Waals surface area contributed by atoms with Crippen molar-refractivity contribution >= 4 is 11.6 Å². The molecule has 1 amide bonds. The fourth-order valence-electron chi connectivity index (χ4n) is 2.43. The molecule has 2 aromatic rings. The van der Waals surface area contributed by atoms with Crippen LogP contribution in [0.5, 0.6) is 5.75 Å². The zero-order valence-electron chi connectivity index (χ0n) is 14.9. The predicted molar refractivity (Wildman–Crippen MR) is 98.8 cm³/mol. The van der Waals surface area contributed by atoms with Gasteiger partial charge >= 0.3 is 0 Å². The molecule has 132 valence electrons. The summed E-state index contributed by atoms with van der Waals surface area (Å²) in [5, 5.41) is 6.74. The van der Waals surface area contributed by atoms with Gasteiger partial charge in [0.15, 0.2) is 5.71 Å². The maximum absolute atomic E-state index is 12.5. The molecule has 0 radical (unpaired) electrons. The molecule has 1 N–H and O–H groups in total. The molecule has 0 bridgehead atoms. The first-order valence-electron chi connectivity index (χ1n) is 8.32. The Hall–Kier alpha value is -2.82. The molecule has 0 aromatic heterocycles. The highest BCUT2D eigenvalue weighted by Crippen LogP contribution is 2.18. The van der Waals surface area contributed by atoms with Gasteiger partial charge in [-0.3, -0.25) is 4.79 Å². The van der Waals surface area contributed by atoms with Crippen molar-refractivity contribution in [3.63, 3.8) is 0 Å². The third-order valence-corrected chi connectivity index (χ3v) is 3.83. The van der Waals surface area contributed by atoms with Crippen LogP contribution in [-0.2, 0) is 16.1 Å². The largest absolute Gasteiger partial charge is 0.487 e. The van der Waals surface area contributed by atoms with E-state index in [1.807, 2.05) is 61.5 Å². The Bertz CT molecular complexity index is 714.